The van der Waals surface area contributed by atoms with E-state index in [1.165, 1.54) is 31.2 Å². The Labute approximate surface area is 123 Å². The lowest BCUT2D eigenvalue weighted by atomic mass is 9.80. The molecule has 1 fully saturated rings. The first-order valence-corrected chi connectivity index (χ1v) is 8.22. The van der Waals surface area contributed by atoms with Gasteiger partial charge in [-0.05, 0) is 48.9 Å². The average molecular weight is 275 g/mol. The van der Waals surface area contributed by atoms with Gasteiger partial charge in [0.05, 0.1) is 6.61 Å². The monoisotopic (exact) mass is 275 g/mol. The van der Waals surface area contributed by atoms with Gasteiger partial charge < -0.3 is 10.1 Å². The summed E-state index contributed by atoms with van der Waals surface area (Å²) in [5, 5.41) is 3.63. The average Bonchev–Trinajstić information content (AvgIpc) is 2.48. The van der Waals surface area contributed by atoms with E-state index in [9.17, 15) is 0 Å². The van der Waals surface area contributed by atoms with Gasteiger partial charge in [0.2, 0.25) is 0 Å². The van der Waals surface area contributed by atoms with Crippen molar-refractivity contribution < 1.29 is 4.74 Å². The van der Waals surface area contributed by atoms with E-state index < -0.39 is 0 Å². The van der Waals surface area contributed by atoms with E-state index in [-0.39, 0.29) is 0 Å². The number of hydrogen-bond acceptors (Lipinski definition) is 2. The Hall–Kier alpha value is -1.02. The van der Waals surface area contributed by atoms with E-state index in [1.807, 2.05) is 6.07 Å². The van der Waals surface area contributed by atoms with Crippen LogP contribution >= 0.6 is 0 Å². The van der Waals surface area contributed by atoms with E-state index in [0.717, 1.165) is 43.7 Å². The molecular formula is C18H29NO. The van der Waals surface area contributed by atoms with Crippen molar-refractivity contribution >= 4 is 0 Å². The van der Waals surface area contributed by atoms with Gasteiger partial charge in [-0.3, -0.25) is 0 Å². The van der Waals surface area contributed by atoms with Crippen LogP contribution in [-0.2, 0) is 6.54 Å². The summed E-state index contributed by atoms with van der Waals surface area (Å²) in [7, 11) is 0. The molecule has 112 valence electrons. The molecule has 0 radical (unpaired) electrons. The third-order valence-corrected chi connectivity index (χ3v) is 4.40. The molecule has 0 saturated heterocycles. The van der Waals surface area contributed by atoms with Crippen LogP contribution in [0.25, 0.3) is 0 Å². The van der Waals surface area contributed by atoms with Crippen molar-refractivity contribution in [3.05, 3.63) is 29.8 Å². The number of nitrogens with one attached hydrogen (secondary N) is 1. The van der Waals surface area contributed by atoms with Crippen LogP contribution in [0.3, 0.4) is 0 Å². The Morgan fingerprint density at radius 3 is 2.90 bits per heavy atom. The van der Waals surface area contributed by atoms with Crippen LogP contribution in [0.1, 0.15) is 51.5 Å². The lowest BCUT2D eigenvalue weighted by Gasteiger charge is -2.28. The molecule has 1 aliphatic rings. The largest absolute Gasteiger partial charge is 0.494 e. The van der Waals surface area contributed by atoms with Crippen LogP contribution in [0.2, 0.25) is 0 Å². The van der Waals surface area contributed by atoms with Gasteiger partial charge in [0.25, 0.3) is 0 Å². The fraction of sp³-hybridized carbons (Fsp3) is 0.667. The first kappa shape index (κ1) is 15.4. The standard InChI is InChI=1S/C18H29NO/c1-3-11-20-18-10-6-8-16(12-18)13-19-14-17-9-5-4-7-15(17)2/h6,8,10,12,15,17,19H,3-5,7,9,11,13-14H2,1-2H3. The fourth-order valence-electron chi connectivity index (χ4n) is 3.06. The summed E-state index contributed by atoms with van der Waals surface area (Å²) < 4.78 is 5.68. The van der Waals surface area contributed by atoms with E-state index >= 15 is 0 Å². The summed E-state index contributed by atoms with van der Waals surface area (Å²) in [6, 6.07) is 8.47. The van der Waals surface area contributed by atoms with Crippen molar-refractivity contribution in [1.82, 2.24) is 5.32 Å². The summed E-state index contributed by atoms with van der Waals surface area (Å²) in [5.74, 6) is 2.75. The van der Waals surface area contributed by atoms with Gasteiger partial charge in [-0.15, -0.1) is 0 Å². The van der Waals surface area contributed by atoms with Crippen LogP contribution in [0.4, 0.5) is 0 Å². The Morgan fingerprint density at radius 2 is 2.10 bits per heavy atom. The van der Waals surface area contributed by atoms with Crippen LogP contribution < -0.4 is 10.1 Å². The van der Waals surface area contributed by atoms with Crippen molar-refractivity contribution in [1.29, 1.82) is 0 Å². The van der Waals surface area contributed by atoms with Crippen molar-refractivity contribution in [2.24, 2.45) is 11.8 Å². The second-order valence-electron chi connectivity index (χ2n) is 6.15. The molecule has 1 aromatic carbocycles. The van der Waals surface area contributed by atoms with Gasteiger partial charge in [0, 0.05) is 6.54 Å². The molecule has 2 atom stereocenters. The minimum Gasteiger partial charge on any atom is -0.494 e. The molecule has 0 aromatic heterocycles. The van der Waals surface area contributed by atoms with Gasteiger partial charge in [-0.25, -0.2) is 0 Å². The maximum atomic E-state index is 5.68. The second kappa shape index (κ2) is 8.31. The van der Waals surface area contributed by atoms with Crippen LogP contribution in [0, 0.1) is 11.8 Å². The van der Waals surface area contributed by atoms with Gasteiger partial charge in [-0.1, -0.05) is 45.2 Å². The van der Waals surface area contributed by atoms with Crippen LogP contribution in [-0.4, -0.2) is 13.2 Å². The minimum absolute atomic E-state index is 0.802. The molecule has 20 heavy (non-hydrogen) atoms. The minimum atomic E-state index is 0.802. The fourth-order valence-corrected chi connectivity index (χ4v) is 3.06. The van der Waals surface area contributed by atoms with Crippen molar-refractivity contribution in [2.45, 2.75) is 52.5 Å². The molecule has 2 heteroatoms. The SMILES string of the molecule is CCCOc1cccc(CNCC2CCCCC2C)c1. The first-order chi connectivity index (χ1) is 9.79. The van der Waals surface area contributed by atoms with Crippen molar-refractivity contribution in [3.8, 4) is 5.75 Å². The zero-order valence-corrected chi connectivity index (χ0v) is 13.0. The predicted octanol–water partition coefficient (Wildman–Crippen LogP) is 4.39. The number of hydrogen-bond donors (Lipinski definition) is 1. The molecule has 1 aliphatic carbocycles. The normalized spacial score (nSPS) is 22.7. The number of benzene rings is 1. The summed E-state index contributed by atoms with van der Waals surface area (Å²) in [6.45, 7) is 7.45. The number of rotatable bonds is 7. The third kappa shape index (κ3) is 4.82. The highest BCUT2D eigenvalue weighted by Gasteiger charge is 2.20. The van der Waals surface area contributed by atoms with Crippen LogP contribution in [0.5, 0.6) is 5.75 Å². The van der Waals surface area contributed by atoms with E-state index in [2.05, 4.69) is 37.4 Å². The van der Waals surface area contributed by atoms with Gasteiger partial charge in [-0.2, -0.15) is 0 Å². The van der Waals surface area contributed by atoms with Crippen LogP contribution in [0.15, 0.2) is 24.3 Å². The molecule has 1 N–H and O–H groups in total. The van der Waals surface area contributed by atoms with E-state index in [1.54, 1.807) is 0 Å². The Kier molecular flexibility index (Phi) is 6.38. The first-order valence-electron chi connectivity index (χ1n) is 8.22. The highest BCUT2D eigenvalue weighted by molar-refractivity contribution is 5.28. The molecule has 1 aromatic rings. The summed E-state index contributed by atoms with van der Waals surface area (Å²) in [6.07, 6.45) is 6.70. The van der Waals surface area contributed by atoms with Gasteiger partial charge >= 0.3 is 0 Å². The molecule has 0 heterocycles. The van der Waals surface area contributed by atoms with Gasteiger partial charge in [0.15, 0.2) is 0 Å². The molecule has 2 nitrogen and oxygen atoms in total. The van der Waals surface area contributed by atoms with Crippen molar-refractivity contribution in [2.75, 3.05) is 13.2 Å². The van der Waals surface area contributed by atoms with Gasteiger partial charge in [0.1, 0.15) is 5.75 Å². The maximum absolute atomic E-state index is 5.68. The molecule has 2 rings (SSSR count). The molecule has 1 saturated carbocycles. The topological polar surface area (TPSA) is 21.3 Å². The zero-order chi connectivity index (χ0) is 14.2. The Morgan fingerprint density at radius 1 is 1.25 bits per heavy atom. The highest BCUT2D eigenvalue weighted by Crippen LogP contribution is 2.28. The number of ether oxygens (including phenoxy) is 1. The zero-order valence-electron chi connectivity index (χ0n) is 13.0. The van der Waals surface area contributed by atoms with E-state index in [4.69, 9.17) is 4.74 Å². The Balaban J connectivity index is 1.75. The lowest BCUT2D eigenvalue weighted by molar-refractivity contribution is 0.247. The summed E-state index contributed by atoms with van der Waals surface area (Å²) in [4.78, 5) is 0. The molecule has 0 bridgehead atoms. The second-order valence-corrected chi connectivity index (χ2v) is 6.15. The maximum Gasteiger partial charge on any atom is 0.119 e. The highest BCUT2D eigenvalue weighted by atomic mass is 16.5. The molecule has 0 amide bonds. The smallest absolute Gasteiger partial charge is 0.119 e. The summed E-state index contributed by atoms with van der Waals surface area (Å²) in [5.41, 5.74) is 1.32. The summed E-state index contributed by atoms with van der Waals surface area (Å²) >= 11 is 0. The molecule has 0 spiro atoms. The Bertz CT molecular complexity index is 391. The predicted molar refractivity (Wildman–Crippen MR) is 85.1 cm³/mol. The molecule has 0 aliphatic heterocycles. The van der Waals surface area contributed by atoms with Crippen molar-refractivity contribution in [3.63, 3.8) is 0 Å². The molecule has 2 unspecified atom stereocenters. The molecular weight excluding hydrogens is 246 g/mol. The third-order valence-electron chi connectivity index (χ3n) is 4.40. The van der Waals surface area contributed by atoms with E-state index in [0.29, 0.717) is 0 Å². The quantitative estimate of drug-likeness (QED) is 0.797. The lowest BCUT2D eigenvalue weighted by Crippen LogP contribution is -2.29.